The van der Waals surface area contributed by atoms with E-state index < -0.39 is 64.7 Å². The number of ketones is 2. The van der Waals surface area contributed by atoms with Crippen molar-refractivity contribution < 1.29 is 28.9 Å². The molecule has 0 heterocycles. The fourth-order valence-electron chi connectivity index (χ4n) is 3.34. The molecule has 0 radical (unpaired) electrons. The molecule has 0 saturated carbocycles. The fourth-order valence-corrected chi connectivity index (χ4v) is 7.33. The van der Waals surface area contributed by atoms with Gasteiger partial charge in [-0.05, 0) is 26.0 Å². The molecule has 0 fully saturated rings. The monoisotopic (exact) mass is 712 g/mol. The molecule has 18 heteroatoms. The number of ether oxygens (including phenoxy) is 2. The van der Waals surface area contributed by atoms with Crippen LogP contribution in [-0.2, 0) is 17.1 Å². The summed E-state index contributed by atoms with van der Waals surface area (Å²) < 4.78 is 5.61. The van der Waals surface area contributed by atoms with Crippen LogP contribution >= 0.6 is 91.2 Å². The first-order valence-corrected chi connectivity index (χ1v) is 15.3. The maximum atomic E-state index is 12.9. The van der Waals surface area contributed by atoms with Crippen molar-refractivity contribution in [3.8, 4) is 0 Å². The standard InChI is InChI=1S/C22H18Cl6N2O8S2/c1-3-37-9-13(31)17-11(29(33)34)5-7-15(19(17)21(23,24)25)39-40-16-8-6-12(30(35)36)18(14(32)10-38-4-2)20(16)22(26,27)28/h5-8H,3-4,9-10H2,1-2H3. The van der Waals surface area contributed by atoms with Crippen molar-refractivity contribution in [3.63, 3.8) is 0 Å². The molecule has 2 rings (SSSR count). The zero-order chi connectivity index (χ0) is 30.4. The minimum absolute atomic E-state index is 0.103. The van der Waals surface area contributed by atoms with Gasteiger partial charge in [0.2, 0.25) is 7.59 Å². The van der Waals surface area contributed by atoms with Gasteiger partial charge in [-0.3, -0.25) is 29.8 Å². The molecular weight excluding hydrogens is 697 g/mol. The Bertz CT molecular complexity index is 1220. The minimum Gasteiger partial charge on any atom is -0.374 e. The highest BCUT2D eigenvalue weighted by Gasteiger charge is 2.39. The highest BCUT2D eigenvalue weighted by molar-refractivity contribution is 8.76. The molecule has 40 heavy (non-hydrogen) atoms. The molecule has 0 aliphatic carbocycles. The largest absolute Gasteiger partial charge is 0.374 e. The van der Waals surface area contributed by atoms with Crippen LogP contribution < -0.4 is 0 Å². The average Bonchev–Trinajstić information content (AvgIpc) is 2.86. The minimum atomic E-state index is -2.31. The van der Waals surface area contributed by atoms with Crippen molar-refractivity contribution in [2.75, 3.05) is 26.4 Å². The normalized spacial score (nSPS) is 11.9. The smallest absolute Gasteiger partial charge is 0.280 e. The molecule has 0 aliphatic rings. The zero-order valence-corrected chi connectivity index (χ0v) is 26.6. The summed E-state index contributed by atoms with van der Waals surface area (Å²) in [5.74, 6) is -1.60. The molecular formula is C22H18Cl6N2O8S2. The number of nitro benzene ring substituents is 2. The number of alkyl halides is 6. The Morgan fingerprint density at radius 1 is 0.725 bits per heavy atom. The molecule has 2 aromatic carbocycles. The van der Waals surface area contributed by atoms with E-state index in [-0.39, 0.29) is 34.1 Å². The predicted octanol–water partition coefficient (Wildman–Crippen LogP) is 8.39. The third-order valence-electron chi connectivity index (χ3n) is 4.90. The Labute approximate surface area is 265 Å². The maximum absolute atomic E-state index is 12.9. The van der Waals surface area contributed by atoms with Crippen LogP contribution in [-0.4, -0.2) is 47.8 Å². The van der Waals surface area contributed by atoms with Gasteiger partial charge in [-0.2, -0.15) is 0 Å². The molecule has 0 aliphatic heterocycles. The predicted molar refractivity (Wildman–Crippen MR) is 158 cm³/mol. The van der Waals surface area contributed by atoms with Gasteiger partial charge >= 0.3 is 0 Å². The first-order valence-electron chi connectivity index (χ1n) is 10.9. The summed E-state index contributed by atoms with van der Waals surface area (Å²) in [6.45, 7) is 2.52. The van der Waals surface area contributed by atoms with Crippen LogP contribution in [0, 0.1) is 20.2 Å². The summed E-state index contributed by atoms with van der Waals surface area (Å²) in [7, 11) is 1.69. The number of benzene rings is 2. The molecule has 0 unspecified atom stereocenters. The average molecular weight is 715 g/mol. The number of nitrogens with zero attached hydrogens (tertiary/aromatic N) is 2. The number of carbonyl (C=O) groups is 2. The summed E-state index contributed by atoms with van der Waals surface area (Å²) >= 11 is 37.1. The Hall–Kier alpha value is -1.06. The van der Waals surface area contributed by atoms with E-state index in [4.69, 9.17) is 79.1 Å². The number of rotatable bonds is 13. The fraction of sp³-hybridized carbons (Fsp3) is 0.364. The number of hydrogen-bond donors (Lipinski definition) is 0. The van der Waals surface area contributed by atoms with Crippen LogP contribution in [0.15, 0.2) is 34.1 Å². The van der Waals surface area contributed by atoms with Crippen molar-refractivity contribution in [1.82, 2.24) is 0 Å². The first kappa shape index (κ1) is 35.1. The summed E-state index contributed by atoms with van der Waals surface area (Å²) in [4.78, 5) is 47.9. The van der Waals surface area contributed by atoms with Gasteiger partial charge in [0.25, 0.3) is 11.4 Å². The second kappa shape index (κ2) is 14.9. The molecule has 0 aromatic heterocycles. The van der Waals surface area contributed by atoms with Crippen LogP contribution in [0.5, 0.6) is 0 Å². The third-order valence-corrected chi connectivity index (χ3v) is 8.49. The number of carbonyl (C=O) groups excluding carboxylic acids is 2. The van der Waals surface area contributed by atoms with Crippen LogP contribution in [0.25, 0.3) is 0 Å². The second-order valence-corrected chi connectivity index (χ2v) is 14.2. The molecule has 0 atom stereocenters. The number of hydrogen-bond acceptors (Lipinski definition) is 10. The highest BCUT2D eigenvalue weighted by Crippen LogP contribution is 2.54. The number of Topliss-reactive ketones (excluding diaryl/α,β-unsaturated/α-hetero) is 2. The first-order chi connectivity index (χ1) is 18.6. The lowest BCUT2D eigenvalue weighted by molar-refractivity contribution is -0.385. The van der Waals surface area contributed by atoms with E-state index in [0.29, 0.717) is 0 Å². The number of nitro groups is 2. The van der Waals surface area contributed by atoms with E-state index in [2.05, 4.69) is 0 Å². The molecule has 0 saturated heterocycles. The van der Waals surface area contributed by atoms with Gasteiger partial charge in [-0.1, -0.05) is 91.2 Å². The number of halogens is 6. The SMILES string of the molecule is CCOCC(=O)c1c([N+](=O)[O-])ccc(SSc2ccc([N+](=O)[O-])c(C(=O)COCC)c2C(Cl)(Cl)Cl)c1C(Cl)(Cl)Cl. The second-order valence-electron chi connectivity index (χ2n) is 7.46. The lowest BCUT2D eigenvalue weighted by Gasteiger charge is -2.22. The van der Waals surface area contributed by atoms with Crippen LogP contribution in [0.4, 0.5) is 11.4 Å². The molecule has 218 valence electrons. The van der Waals surface area contributed by atoms with Gasteiger partial charge in [-0.15, -0.1) is 0 Å². The summed E-state index contributed by atoms with van der Waals surface area (Å²) in [6, 6.07) is 4.63. The maximum Gasteiger partial charge on any atom is 0.280 e. The molecule has 0 N–H and O–H groups in total. The van der Waals surface area contributed by atoms with E-state index in [9.17, 15) is 29.8 Å². The van der Waals surface area contributed by atoms with Gasteiger partial charge < -0.3 is 9.47 Å². The van der Waals surface area contributed by atoms with Gasteiger partial charge in [0, 0.05) is 46.3 Å². The Morgan fingerprint density at radius 3 is 1.30 bits per heavy atom. The van der Waals surface area contributed by atoms with E-state index >= 15 is 0 Å². The van der Waals surface area contributed by atoms with E-state index in [0.717, 1.165) is 33.7 Å². The highest BCUT2D eigenvalue weighted by atomic mass is 35.6. The summed E-state index contributed by atoms with van der Waals surface area (Å²) in [5.41, 5.74) is -2.75. The Balaban J connectivity index is 2.74. The summed E-state index contributed by atoms with van der Waals surface area (Å²) in [5, 5.41) is 23.4. The quantitative estimate of drug-likeness (QED) is 0.0653. The molecule has 10 nitrogen and oxygen atoms in total. The van der Waals surface area contributed by atoms with E-state index in [1.54, 1.807) is 13.8 Å². The Kier molecular flexibility index (Phi) is 13.1. The van der Waals surface area contributed by atoms with Crippen LogP contribution in [0.1, 0.15) is 45.7 Å². The topological polar surface area (TPSA) is 139 Å². The molecule has 2 aromatic rings. The molecule has 0 amide bonds. The molecule has 0 bridgehead atoms. The van der Waals surface area contributed by atoms with Crippen molar-refractivity contribution in [2.24, 2.45) is 0 Å². The Morgan fingerprint density at radius 2 is 1.05 bits per heavy atom. The summed E-state index contributed by atoms with van der Waals surface area (Å²) in [6.07, 6.45) is 0. The van der Waals surface area contributed by atoms with Crippen LogP contribution in [0.2, 0.25) is 0 Å². The van der Waals surface area contributed by atoms with Crippen molar-refractivity contribution >= 4 is 114 Å². The van der Waals surface area contributed by atoms with E-state index in [1.807, 2.05) is 0 Å². The zero-order valence-electron chi connectivity index (χ0n) is 20.4. The third kappa shape index (κ3) is 8.73. The van der Waals surface area contributed by atoms with Gasteiger partial charge in [-0.25, -0.2) is 0 Å². The van der Waals surface area contributed by atoms with Crippen molar-refractivity contribution in [2.45, 2.75) is 31.2 Å². The lowest BCUT2D eigenvalue weighted by atomic mass is 10.0. The van der Waals surface area contributed by atoms with Crippen molar-refractivity contribution in [1.29, 1.82) is 0 Å². The van der Waals surface area contributed by atoms with E-state index in [1.165, 1.54) is 12.1 Å². The van der Waals surface area contributed by atoms with Gasteiger partial charge in [0.15, 0.2) is 11.6 Å². The lowest BCUT2D eigenvalue weighted by Crippen LogP contribution is -2.19. The van der Waals surface area contributed by atoms with Crippen LogP contribution in [0.3, 0.4) is 0 Å². The van der Waals surface area contributed by atoms with Gasteiger partial charge in [0.05, 0.1) is 9.85 Å². The molecule has 0 spiro atoms. The van der Waals surface area contributed by atoms with Crippen molar-refractivity contribution in [3.05, 3.63) is 66.7 Å². The van der Waals surface area contributed by atoms with Gasteiger partial charge in [0.1, 0.15) is 24.3 Å².